The van der Waals surface area contributed by atoms with Crippen LogP contribution in [-0.2, 0) is 57.5 Å². The standard InChI is InChI=1S/C58H101N11O13/c1-20-23-24-35(14)48(71)46-56(79)62-39(22-3)50(73)59-29-43(70)69(19)47(38(17)82-25-21-2)57(80)66-44(33(10)11)54(77)64-40(26-30(4)5)51(74)60-36(15)49(72)61-37(16)58(81)68(18)42(28-32(8)9)53(76)63-41(27-31(6)7)52(75)65-45(34(12)13)55(78)67-46/h20-21,23,30-42,44-48,71H,2,22,24-29H2,1,3-19H3,(H,59,73)(H,60,74)(H,61,72)(H,62,79)(H,63,76)(H,64,77)(H,65,75)(H,66,80)(H,67,78)/b23-20+/t35-,36+,37-,38-,39+,40+,41+,42+,44?,45?,46+,47?,48-/m1/s1. The number of carbonyl (C=O) groups excluding carboxylic acids is 11. The number of aliphatic hydroxyl groups is 1. The van der Waals surface area contributed by atoms with Crippen molar-refractivity contribution in [2.45, 2.75) is 216 Å². The summed E-state index contributed by atoms with van der Waals surface area (Å²) in [7, 11) is 2.70. The largest absolute Gasteiger partial charge is 0.390 e. The average molecular weight is 1160 g/mol. The van der Waals surface area contributed by atoms with Crippen molar-refractivity contribution in [2.24, 2.45) is 35.5 Å². The highest BCUT2D eigenvalue weighted by Gasteiger charge is 2.41. The van der Waals surface area contributed by atoms with Crippen molar-refractivity contribution in [1.82, 2.24) is 57.7 Å². The average Bonchev–Trinajstić information content (AvgIpc) is 3.51. The predicted octanol–water partition coefficient (Wildman–Crippen LogP) is 1.10. The van der Waals surface area contributed by atoms with Gasteiger partial charge in [0, 0.05) is 14.1 Å². The van der Waals surface area contributed by atoms with Gasteiger partial charge in [-0.1, -0.05) is 101 Å². The number of aliphatic hydroxyl groups excluding tert-OH is 1. The molecule has 1 fully saturated rings. The predicted molar refractivity (Wildman–Crippen MR) is 311 cm³/mol. The summed E-state index contributed by atoms with van der Waals surface area (Å²) < 4.78 is 5.82. The number of nitrogens with zero attached hydrogens (tertiary/aromatic N) is 2. The lowest BCUT2D eigenvalue weighted by Crippen LogP contribution is -2.63. The first kappa shape index (κ1) is 73.6. The van der Waals surface area contributed by atoms with Crippen molar-refractivity contribution >= 4 is 65.0 Å². The molecule has 10 N–H and O–H groups in total. The Morgan fingerprint density at radius 2 is 1.01 bits per heavy atom. The van der Waals surface area contributed by atoms with Crippen LogP contribution in [0.4, 0.5) is 0 Å². The molecule has 0 aromatic rings. The molecule has 11 amide bonds. The van der Waals surface area contributed by atoms with E-state index in [-0.39, 0.29) is 56.5 Å². The third-order valence-corrected chi connectivity index (χ3v) is 14.2. The van der Waals surface area contributed by atoms with Crippen molar-refractivity contribution in [1.29, 1.82) is 0 Å². The minimum atomic E-state index is -1.68. The van der Waals surface area contributed by atoms with Gasteiger partial charge in [0.2, 0.25) is 65.0 Å². The van der Waals surface area contributed by atoms with Crippen molar-refractivity contribution in [3.05, 3.63) is 24.8 Å². The van der Waals surface area contributed by atoms with E-state index in [1.54, 1.807) is 60.6 Å². The van der Waals surface area contributed by atoms with Gasteiger partial charge in [0.1, 0.15) is 60.4 Å². The SMILES string of the molecule is C=CCO[C@H](C)C1C(=O)NC(C(C)C)C(=O)N[C@@H](CC(C)C)C(=O)N[C@@H](C)C(=O)N[C@H](C)C(=O)N(C)[C@@H](CC(C)C)C(=O)N[C@@H](CC(C)C)C(=O)NC(C(C)C)C(=O)N[C@@H]([C@H](O)[C@H](C)C/C=C/C)C(=O)N[C@@H](CC)C(=O)NCC(=O)N1C. The molecule has 466 valence electrons. The minimum Gasteiger partial charge on any atom is -0.390 e. The highest BCUT2D eigenvalue weighted by atomic mass is 16.5. The number of carbonyl (C=O) groups is 11. The number of hydrogen-bond donors (Lipinski definition) is 10. The molecule has 0 aromatic heterocycles. The van der Waals surface area contributed by atoms with E-state index in [1.807, 2.05) is 41.5 Å². The molecule has 82 heavy (non-hydrogen) atoms. The van der Waals surface area contributed by atoms with Gasteiger partial charge < -0.3 is 67.5 Å². The first-order valence-corrected chi connectivity index (χ1v) is 28.9. The van der Waals surface area contributed by atoms with Gasteiger partial charge in [-0.05, 0) is 95.3 Å². The Labute approximate surface area is 486 Å². The van der Waals surface area contributed by atoms with Gasteiger partial charge in [-0.15, -0.1) is 6.58 Å². The fraction of sp³-hybridized carbons (Fsp3) is 0.741. The number of rotatable bonds is 17. The van der Waals surface area contributed by atoms with Crippen LogP contribution in [0.5, 0.6) is 0 Å². The van der Waals surface area contributed by atoms with Crippen LogP contribution in [0.2, 0.25) is 0 Å². The molecule has 1 saturated heterocycles. The molecular weight excluding hydrogens is 1060 g/mol. The fourth-order valence-electron chi connectivity index (χ4n) is 9.19. The molecule has 3 unspecified atom stereocenters. The zero-order valence-electron chi connectivity index (χ0n) is 52.0. The third-order valence-electron chi connectivity index (χ3n) is 14.2. The summed E-state index contributed by atoms with van der Waals surface area (Å²) in [5.41, 5.74) is 0. The Morgan fingerprint density at radius 3 is 1.50 bits per heavy atom. The van der Waals surface area contributed by atoms with Gasteiger partial charge in [0.15, 0.2) is 0 Å². The van der Waals surface area contributed by atoms with Gasteiger partial charge >= 0.3 is 0 Å². The normalized spacial score (nSPS) is 27.0. The van der Waals surface area contributed by atoms with E-state index in [9.17, 15) is 57.8 Å². The van der Waals surface area contributed by atoms with Crippen molar-refractivity contribution in [2.75, 3.05) is 27.2 Å². The molecule has 0 aromatic carbocycles. The maximum atomic E-state index is 14.4. The molecule has 0 aliphatic carbocycles. The molecule has 1 aliphatic heterocycles. The molecular formula is C58H101N11O13. The van der Waals surface area contributed by atoms with Gasteiger partial charge in [0.25, 0.3) is 0 Å². The fourth-order valence-corrected chi connectivity index (χ4v) is 9.19. The topological polar surface area (TPSA) is 332 Å². The molecule has 0 spiro atoms. The number of ether oxygens (including phenoxy) is 1. The van der Waals surface area contributed by atoms with Crippen LogP contribution in [-0.4, -0.2) is 180 Å². The van der Waals surface area contributed by atoms with Crippen LogP contribution in [0.1, 0.15) is 143 Å². The van der Waals surface area contributed by atoms with E-state index in [1.165, 1.54) is 45.8 Å². The van der Waals surface area contributed by atoms with Crippen molar-refractivity contribution < 1.29 is 62.6 Å². The molecule has 1 rings (SSSR count). The Kier molecular flexibility index (Phi) is 31.9. The second-order valence-electron chi connectivity index (χ2n) is 23.6. The summed E-state index contributed by atoms with van der Waals surface area (Å²) in [6.07, 6.45) is 3.01. The number of allylic oxidation sites excluding steroid dienone is 2. The summed E-state index contributed by atoms with van der Waals surface area (Å²) in [5, 5.41) is 35.7. The number of likely N-dealkylation sites (N-methyl/N-ethyl adjacent to an activating group) is 2. The molecule has 1 heterocycles. The van der Waals surface area contributed by atoms with E-state index < -0.39 is 162 Å². The van der Waals surface area contributed by atoms with E-state index >= 15 is 0 Å². The minimum absolute atomic E-state index is 0.0229. The van der Waals surface area contributed by atoms with Crippen LogP contribution in [0.25, 0.3) is 0 Å². The van der Waals surface area contributed by atoms with Crippen LogP contribution in [0, 0.1) is 35.5 Å². The van der Waals surface area contributed by atoms with Gasteiger partial charge in [-0.25, -0.2) is 0 Å². The van der Waals surface area contributed by atoms with Crippen molar-refractivity contribution in [3.63, 3.8) is 0 Å². The van der Waals surface area contributed by atoms with Gasteiger partial charge in [-0.3, -0.25) is 52.7 Å². The smallest absolute Gasteiger partial charge is 0.246 e. The van der Waals surface area contributed by atoms with Crippen LogP contribution < -0.4 is 47.9 Å². The second-order valence-corrected chi connectivity index (χ2v) is 23.6. The number of hydrogen-bond acceptors (Lipinski definition) is 13. The number of nitrogens with one attached hydrogen (secondary N) is 9. The van der Waals surface area contributed by atoms with E-state index in [0.29, 0.717) is 0 Å². The van der Waals surface area contributed by atoms with Gasteiger partial charge in [0.05, 0.1) is 25.4 Å². The summed E-state index contributed by atoms with van der Waals surface area (Å²) in [6.45, 7) is 29.9. The first-order valence-electron chi connectivity index (χ1n) is 28.9. The van der Waals surface area contributed by atoms with Crippen LogP contribution in [0.3, 0.4) is 0 Å². The maximum absolute atomic E-state index is 14.4. The van der Waals surface area contributed by atoms with Gasteiger partial charge in [-0.2, -0.15) is 0 Å². The van der Waals surface area contributed by atoms with Crippen molar-refractivity contribution in [3.8, 4) is 0 Å². The third kappa shape index (κ3) is 23.4. The van der Waals surface area contributed by atoms with E-state index in [4.69, 9.17) is 4.74 Å². The Balaban J connectivity index is 4.11. The summed E-state index contributed by atoms with van der Waals surface area (Å²) >= 11 is 0. The lowest BCUT2D eigenvalue weighted by Gasteiger charge is -2.34. The Bertz CT molecular complexity index is 2220. The summed E-state index contributed by atoms with van der Waals surface area (Å²) in [5.74, 6) is -10.9. The Morgan fingerprint density at radius 1 is 0.561 bits per heavy atom. The quantitative estimate of drug-likeness (QED) is 0.0914. The maximum Gasteiger partial charge on any atom is 0.246 e. The van der Waals surface area contributed by atoms with E-state index in [2.05, 4.69) is 54.4 Å². The molecule has 0 bridgehead atoms. The molecule has 24 heteroatoms. The van der Waals surface area contributed by atoms with Crippen LogP contribution >= 0.6 is 0 Å². The zero-order chi connectivity index (χ0) is 63.0. The lowest BCUT2D eigenvalue weighted by atomic mass is 9.92. The molecule has 0 saturated carbocycles. The molecule has 13 atom stereocenters. The summed E-state index contributed by atoms with van der Waals surface area (Å²) in [6, 6.07) is -13.1. The Hall–Kier alpha value is -6.43. The molecule has 0 radical (unpaired) electrons. The molecule has 24 nitrogen and oxygen atoms in total. The second kappa shape index (κ2) is 35.5. The highest BCUT2D eigenvalue weighted by Crippen LogP contribution is 2.18. The summed E-state index contributed by atoms with van der Waals surface area (Å²) in [4.78, 5) is 158. The monoisotopic (exact) mass is 1160 g/mol. The van der Waals surface area contributed by atoms with E-state index in [0.717, 1.165) is 4.90 Å². The van der Waals surface area contributed by atoms with Crippen LogP contribution in [0.15, 0.2) is 24.8 Å². The first-order chi connectivity index (χ1) is 38.1. The lowest BCUT2D eigenvalue weighted by molar-refractivity contribution is -0.145. The number of amides is 11. The highest BCUT2D eigenvalue weighted by molar-refractivity contribution is 5.99. The molecule has 1 aliphatic rings. The zero-order valence-corrected chi connectivity index (χ0v) is 52.0.